The Kier molecular flexibility index (Phi) is 6.25. The zero-order chi connectivity index (χ0) is 23.1. The third kappa shape index (κ3) is 4.76. The zero-order valence-electron chi connectivity index (χ0n) is 19.1. The average Bonchev–Trinajstić information content (AvgIpc) is 3.64. The van der Waals surface area contributed by atoms with Gasteiger partial charge in [-0.25, -0.2) is 15.0 Å². The molecule has 1 aliphatic heterocycles. The summed E-state index contributed by atoms with van der Waals surface area (Å²) < 4.78 is 0. The third-order valence-corrected chi connectivity index (χ3v) is 6.55. The number of aliphatic hydroxyl groups is 1. The summed E-state index contributed by atoms with van der Waals surface area (Å²) in [6.07, 6.45) is 6.29. The number of halogens is 1. The van der Waals surface area contributed by atoms with Crippen LogP contribution in [0.3, 0.4) is 0 Å². The third-order valence-electron chi connectivity index (χ3n) is 6.55. The molecule has 8 heteroatoms. The normalized spacial score (nSPS) is 17.1. The van der Waals surface area contributed by atoms with Crippen LogP contribution in [0.4, 0.5) is 17.5 Å². The number of nitriles is 1. The van der Waals surface area contributed by atoms with Crippen LogP contribution >= 0.6 is 12.4 Å². The van der Waals surface area contributed by atoms with Crippen molar-refractivity contribution < 1.29 is 5.11 Å². The molecule has 0 bridgehead atoms. The number of benzene rings is 1. The summed E-state index contributed by atoms with van der Waals surface area (Å²) in [5.41, 5.74) is 3.73. The van der Waals surface area contributed by atoms with E-state index in [-0.39, 0.29) is 18.5 Å². The topological polar surface area (TPSA) is 98.0 Å². The minimum absolute atomic E-state index is 0. The van der Waals surface area contributed by atoms with Crippen molar-refractivity contribution in [2.75, 3.05) is 23.3 Å². The van der Waals surface area contributed by atoms with E-state index in [4.69, 9.17) is 4.98 Å². The largest absolute Gasteiger partial charge is 0.391 e. The lowest BCUT2D eigenvalue weighted by Gasteiger charge is -2.19. The fourth-order valence-corrected chi connectivity index (χ4v) is 4.61. The van der Waals surface area contributed by atoms with Crippen LogP contribution in [0, 0.1) is 11.3 Å². The number of rotatable bonds is 5. The Morgan fingerprint density at radius 3 is 2.60 bits per heavy atom. The van der Waals surface area contributed by atoms with Gasteiger partial charge < -0.3 is 15.3 Å². The lowest BCUT2D eigenvalue weighted by atomic mass is 10.0. The molecule has 6 rings (SSSR count). The van der Waals surface area contributed by atoms with E-state index in [9.17, 15) is 10.4 Å². The van der Waals surface area contributed by atoms with Gasteiger partial charge in [0.15, 0.2) is 0 Å². The highest BCUT2D eigenvalue weighted by Gasteiger charge is 2.26. The van der Waals surface area contributed by atoms with E-state index in [1.165, 1.54) is 18.4 Å². The molecule has 1 aromatic carbocycles. The number of pyridine rings is 3. The maximum Gasteiger partial charge on any atom is 0.136 e. The van der Waals surface area contributed by atoms with Crippen molar-refractivity contribution in [3.05, 3.63) is 72.1 Å². The van der Waals surface area contributed by atoms with E-state index in [2.05, 4.69) is 56.6 Å². The number of fused-ring (bicyclic) bond motifs is 1. The van der Waals surface area contributed by atoms with Gasteiger partial charge in [-0.15, -0.1) is 12.4 Å². The van der Waals surface area contributed by atoms with Crippen LogP contribution in [-0.4, -0.2) is 39.3 Å². The molecule has 1 atom stereocenters. The Labute approximate surface area is 209 Å². The van der Waals surface area contributed by atoms with E-state index >= 15 is 0 Å². The molecule has 0 amide bonds. The van der Waals surface area contributed by atoms with Gasteiger partial charge in [-0.2, -0.15) is 5.26 Å². The van der Waals surface area contributed by atoms with Gasteiger partial charge in [-0.3, -0.25) is 0 Å². The van der Waals surface area contributed by atoms with Crippen molar-refractivity contribution in [1.29, 1.82) is 5.26 Å². The van der Waals surface area contributed by atoms with Crippen molar-refractivity contribution in [2.45, 2.75) is 31.3 Å². The molecule has 1 saturated heterocycles. The van der Waals surface area contributed by atoms with Gasteiger partial charge in [0.05, 0.1) is 23.4 Å². The first kappa shape index (κ1) is 23.0. The Morgan fingerprint density at radius 2 is 1.83 bits per heavy atom. The SMILES string of the molecule is Cl.N#Cc1ccnc(Nc2cc(C3CC3)cc(-c3ccc4ccnc(N5CC[C@@H](O)C5)c4c3)n2)c1. The molecule has 0 radical (unpaired) electrons. The summed E-state index contributed by atoms with van der Waals surface area (Å²) in [5.74, 6) is 2.79. The van der Waals surface area contributed by atoms with Crippen LogP contribution in [-0.2, 0) is 0 Å². The van der Waals surface area contributed by atoms with Crippen LogP contribution in [0.2, 0.25) is 0 Å². The second kappa shape index (κ2) is 9.49. The molecule has 4 aromatic rings. The van der Waals surface area contributed by atoms with Gasteiger partial charge in [-0.05, 0) is 72.5 Å². The first-order valence-corrected chi connectivity index (χ1v) is 11.6. The molecule has 1 saturated carbocycles. The summed E-state index contributed by atoms with van der Waals surface area (Å²) in [7, 11) is 0. The molecule has 2 N–H and O–H groups in total. The maximum absolute atomic E-state index is 10.0. The Hall–Kier alpha value is -3.73. The highest BCUT2D eigenvalue weighted by molar-refractivity contribution is 5.95. The molecule has 2 aliphatic rings. The molecule has 2 fully saturated rings. The second-order valence-electron chi connectivity index (χ2n) is 9.07. The van der Waals surface area contributed by atoms with Crippen molar-refractivity contribution in [3.63, 3.8) is 0 Å². The summed E-state index contributed by atoms with van der Waals surface area (Å²) in [6.45, 7) is 1.41. The summed E-state index contributed by atoms with van der Waals surface area (Å²) in [5, 5.41) is 24.7. The molecule has 1 aliphatic carbocycles. The minimum atomic E-state index is -0.307. The van der Waals surface area contributed by atoms with Crippen molar-refractivity contribution in [1.82, 2.24) is 15.0 Å². The molecule has 7 nitrogen and oxygen atoms in total. The van der Waals surface area contributed by atoms with E-state index in [0.717, 1.165) is 46.6 Å². The number of anilines is 3. The Bertz CT molecular complexity index is 1430. The summed E-state index contributed by atoms with van der Waals surface area (Å²) >= 11 is 0. The quantitative estimate of drug-likeness (QED) is 0.403. The van der Waals surface area contributed by atoms with Gasteiger partial charge in [0.25, 0.3) is 0 Å². The fraction of sp³-hybridized carbons (Fsp3) is 0.259. The van der Waals surface area contributed by atoms with Gasteiger partial charge in [0.2, 0.25) is 0 Å². The number of aliphatic hydroxyl groups excluding tert-OH is 1. The summed E-state index contributed by atoms with van der Waals surface area (Å²) in [6, 6.07) is 18.2. The molecular weight excluding hydrogens is 460 g/mol. The monoisotopic (exact) mass is 484 g/mol. The Balaban J connectivity index is 0.00000253. The fourth-order valence-electron chi connectivity index (χ4n) is 4.61. The lowest BCUT2D eigenvalue weighted by Crippen LogP contribution is -2.22. The van der Waals surface area contributed by atoms with Crippen LogP contribution in [0.25, 0.3) is 22.0 Å². The number of nitrogens with one attached hydrogen (secondary N) is 1. The summed E-state index contributed by atoms with van der Waals surface area (Å²) in [4.78, 5) is 16.1. The van der Waals surface area contributed by atoms with Crippen LogP contribution in [0.5, 0.6) is 0 Å². The minimum Gasteiger partial charge on any atom is -0.391 e. The predicted molar refractivity (Wildman–Crippen MR) is 139 cm³/mol. The standard InChI is InChI=1S/C27H24N6O.ClH/c28-15-17-5-8-29-25(11-17)32-26-14-21(18-1-2-18)13-24(31-26)20-4-3-19-6-9-30-27(23(19)12-20)33-10-7-22(34)16-33;/h3-6,8-9,11-14,18,22,34H,1-2,7,10,16H2,(H,29,31,32);1H/t22-;/m1./s1. The van der Waals surface area contributed by atoms with E-state index in [1.807, 2.05) is 12.3 Å². The number of nitrogens with zero attached hydrogens (tertiary/aromatic N) is 5. The van der Waals surface area contributed by atoms with E-state index < -0.39 is 0 Å². The molecule has 0 unspecified atom stereocenters. The molecule has 35 heavy (non-hydrogen) atoms. The average molecular weight is 485 g/mol. The number of hydrogen-bond donors (Lipinski definition) is 2. The predicted octanol–water partition coefficient (Wildman–Crippen LogP) is 5.18. The van der Waals surface area contributed by atoms with Gasteiger partial charge in [-0.1, -0.05) is 12.1 Å². The highest BCUT2D eigenvalue weighted by Crippen LogP contribution is 2.42. The van der Waals surface area contributed by atoms with Gasteiger partial charge in [0, 0.05) is 36.4 Å². The van der Waals surface area contributed by atoms with Crippen LogP contribution < -0.4 is 10.2 Å². The molecular formula is C27H25ClN6O. The number of aromatic nitrogens is 3. The van der Waals surface area contributed by atoms with Crippen molar-refractivity contribution >= 4 is 40.6 Å². The van der Waals surface area contributed by atoms with Gasteiger partial charge >= 0.3 is 0 Å². The first-order valence-electron chi connectivity index (χ1n) is 11.6. The Morgan fingerprint density at radius 1 is 0.971 bits per heavy atom. The zero-order valence-corrected chi connectivity index (χ0v) is 19.9. The maximum atomic E-state index is 10.0. The second-order valence-corrected chi connectivity index (χ2v) is 9.07. The molecule has 3 aromatic heterocycles. The first-order chi connectivity index (χ1) is 16.7. The van der Waals surface area contributed by atoms with Crippen LogP contribution in [0.15, 0.2) is 60.9 Å². The molecule has 176 valence electrons. The number of hydrogen-bond acceptors (Lipinski definition) is 7. The van der Waals surface area contributed by atoms with Crippen LogP contribution in [0.1, 0.15) is 36.3 Å². The molecule has 0 spiro atoms. The van der Waals surface area contributed by atoms with E-state index in [1.54, 1.807) is 18.3 Å². The van der Waals surface area contributed by atoms with Crippen molar-refractivity contribution in [3.8, 4) is 17.3 Å². The van der Waals surface area contributed by atoms with Crippen molar-refractivity contribution in [2.24, 2.45) is 0 Å². The van der Waals surface area contributed by atoms with E-state index in [0.29, 0.717) is 23.8 Å². The molecule has 4 heterocycles. The smallest absolute Gasteiger partial charge is 0.136 e. The lowest BCUT2D eigenvalue weighted by molar-refractivity contribution is 0.198. The highest BCUT2D eigenvalue weighted by atomic mass is 35.5. The van der Waals surface area contributed by atoms with Gasteiger partial charge in [0.1, 0.15) is 17.5 Å². The number of β-amino-alcohol motifs (C(OH)–C–C–N with tert-alkyl or cyclic N) is 1.